The van der Waals surface area contributed by atoms with Crippen molar-refractivity contribution in [2.75, 3.05) is 18.0 Å². The Bertz CT molecular complexity index is 526. The van der Waals surface area contributed by atoms with Crippen molar-refractivity contribution in [2.24, 2.45) is 0 Å². The number of terminal acetylenes is 1. The predicted molar refractivity (Wildman–Crippen MR) is 67.3 cm³/mol. The fraction of sp³-hybridized carbons (Fsp3) is 0.200. The Kier molecular flexibility index (Phi) is 4.62. The summed E-state index contributed by atoms with van der Waals surface area (Å²) in [5.41, 5.74) is -0.305. The zero-order chi connectivity index (χ0) is 13.7. The van der Waals surface area contributed by atoms with Gasteiger partial charge in [-0.3, -0.25) is 14.9 Å². The van der Waals surface area contributed by atoms with Crippen LogP contribution >= 0.6 is 15.9 Å². The summed E-state index contributed by atoms with van der Waals surface area (Å²) in [5.74, 6) is 1.03. The molecule has 94 valence electrons. The van der Waals surface area contributed by atoms with Crippen molar-refractivity contribution in [3.8, 4) is 12.3 Å². The second-order valence-electron chi connectivity index (χ2n) is 3.21. The molecule has 1 N–H and O–H groups in total. The van der Waals surface area contributed by atoms with Crippen molar-refractivity contribution in [1.82, 2.24) is 4.98 Å². The van der Waals surface area contributed by atoms with Crippen LogP contribution < -0.4 is 4.90 Å². The van der Waals surface area contributed by atoms with Crippen LogP contribution in [0.5, 0.6) is 0 Å². The van der Waals surface area contributed by atoms with Crippen LogP contribution in [0, 0.1) is 22.5 Å². The molecule has 7 nitrogen and oxygen atoms in total. The molecule has 0 radical (unpaired) electrons. The zero-order valence-electron chi connectivity index (χ0n) is 9.04. The molecule has 0 atom stereocenters. The highest BCUT2D eigenvalue weighted by molar-refractivity contribution is 9.10. The van der Waals surface area contributed by atoms with E-state index in [0.29, 0.717) is 4.47 Å². The van der Waals surface area contributed by atoms with Crippen LogP contribution in [0.25, 0.3) is 0 Å². The monoisotopic (exact) mass is 313 g/mol. The number of halogens is 1. The lowest BCUT2D eigenvalue weighted by molar-refractivity contribution is -0.384. The van der Waals surface area contributed by atoms with Crippen LogP contribution in [0.4, 0.5) is 11.5 Å². The van der Waals surface area contributed by atoms with Gasteiger partial charge in [0.1, 0.15) is 6.54 Å². The first kappa shape index (κ1) is 13.9. The van der Waals surface area contributed by atoms with E-state index in [2.05, 4.69) is 26.8 Å². The Balaban J connectivity index is 3.22. The van der Waals surface area contributed by atoms with Gasteiger partial charge in [0.25, 0.3) is 0 Å². The second-order valence-corrected chi connectivity index (χ2v) is 4.12. The Morgan fingerprint density at radius 2 is 2.39 bits per heavy atom. The van der Waals surface area contributed by atoms with Crippen molar-refractivity contribution >= 4 is 33.4 Å². The van der Waals surface area contributed by atoms with Gasteiger partial charge in [-0.2, -0.15) is 0 Å². The molecule has 0 aliphatic rings. The number of anilines is 1. The number of aliphatic carboxylic acids is 1. The van der Waals surface area contributed by atoms with Crippen LogP contribution in [0.3, 0.4) is 0 Å². The minimum atomic E-state index is -1.15. The number of hydrogen-bond donors (Lipinski definition) is 1. The molecule has 0 spiro atoms. The maximum absolute atomic E-state index is 10.9. The molecular formula is C10H8BrN3O4. The van der Waals surface area contributed by atoms with Crippen LogP contribution in [0.15, 0.2) is 16.7 Å². The molecule has 0 aliphatic heterocycles. The van der Waals surface area contributed by atoms with E-state index in [4.69, 9.17) is 11.5 Å². The first-order chi connectivity index (χ1) is 8.45. The standard InChI is InChI=1S/C10H8BrN3O4/c1-2-3-13(6-9(15)16)10-8(14(17)18)4-7(11)5-12-10/h1,4-5H,3,6H2,(H,15,16). The third-order valence-electron chi connectivity index (χ3n) is 1.92. The summed E-state index contributed by atoms with van der Waals surface area (Å²) in [6, 6.07) is 1.24. The largest absolute Gasteiger partial charge is 0.480 e. The summed E-state index contributed by atoms with van der Waals surface area (Å²) < 4.78 is 0.425. The molecule has 0 saturated heterocycles. The van der Waals surface area contributed by atoms with Crippen molar-refractivity contribution in [2.45, 2.75) is 0 Å². The summed E-state index contributed by atoms with van der Waals surface area (Å²) in [6.07, 6.45) is 6.45. The number of carbonyl (C=O) groups is 1. The SMILES string of the molecule is C#CCN(CC(=O)O)c1ncc(Br)cc1[N+](=O)[O-]. The number of nitro groups is 1. The van der Waals surface area contributed by atoms with Crippen molar-refractivity contribution < 1.29 is 14.8 Å². The number of hydrogen-bond acceptors (Lipinski definition) is 5. The van der Waals surface area contributed by atoms with E-state index in [1.807, 2.05) is 0 Å². The first-order valence-corrected chi connectivity index (χ1v) is 5.45. The second kappa shape index (κ2) is 5.97. The summed E-state index contributed by atoms with van der Waals surface area (Å²) in [5, 5.41) is 19.6. The number of carboxylic acids is 1. The molecule has 0 aromatic carbocycles. The van der Waals surface area contributed by atoms with Gasteiger partial charge in [-0.05, 0) is 15.9 Å². The normalized spacial score (nSPS) is 9.56. The predicted octanol–water partition coefficient (Wildman–Crippen LogP) is 1.28. The number of aromatic nitrogens is 1. The van der Waals surface area contributed by atoms with Crippen LogP contribution in [-0.2, 0) is 4.79 Å². The minimum Gasteiger partial charge on any atom is -0.480 e. The highest BCUT2D eigenvalue weighted by Crippen LogP contribution is 2.28. The maximum atomic E-state index is 10.9. The average molecular weight is 314 g/mol. The smallest absolute Gasteiger partial charge is 0.323 e. The van der Waals surface area contributed by atoms with E-state index in [1.165, 1.54) is 12.3 Å². The lowest BCUT2D eigenvalue weighted by Crippen LogP contribution is -2.31. The van der Waals surface area contributed by atoms with Crippen molar-refractivity contribution in [3.05, 3.63) is 26.9 Å². The molecule has 18 heavy (non-hydrogen) atoms. The zero-order valence-corrected chi connectivity index (χ0v) is 10.6. The van der Waals surface area contributed by atoms with Crippen LogP contribution in [0.1, 0.15) is 0 Å². The average Bonchev–Trinajstić information content (AvgIpc) is 2.27. The lowest BCUT2D eigenvalue weighted by atomic mass is 10.3. The third-order valence-corrected chi connectivity index (χ3v) is 2.35. The minimum absolute atomic E-state index is 0.0662. The van der Waals surface area contributed by atoms with Crippen molar-refractivity contribution in [1.29, 1.82) is 0 Å². The van der Waals surface area contributed by atoms with E-state index in [0.717, 1.165) is 4.90 Å². The molecule has 0 amide bonds. The van der Waals surface area contributed by atoms with Gasteiger partial charge in [0.2, 0.25) is 5.82 Å². The fourth-order valence-electron chi connectivity index (χ4n) is 1.28. The maximum Gasteiger partial charge on any atom is 0.323 e. The van der Waals surface area contributed by atoms with Crippen molar-refractivity contribution in [3.63, 3.8) is 0 Å². The third kappa shape index (κ3) is 3.43. The Morgan fingerprint density at radius 1 is 1.72 bits per heavy atom. The number of pyridine rings is 1. The summed E-state index contributed by atoms with van der Waals surface area (Å²) >= 11 is 3.06. The van der Waals surface area contributed by atoms with Gasteiger partial charge >= 0.3 is 11.7 Å². The lowest BCUT2D eigenvalue weighted by Gasteiger charge is -2.18. The van der Waals surface area contributed by atoms with Gasteiger partial charge in [-0.1, -0.05) is 5.92 Å². The number of nitrogens with zero attached hydrogens (tertiary/aromatic N) is 3. The molecule has 1 aromatic rings. The van der Waals surface area contributed by atoms with Gasteiger partial charge < -0.3 is 10.0 Å². The Morgan fingerprint density at radius 3 is 2.89 bits per heavy atom. The number of carboxylic acid groups (broad SMARTS) is 1. The van der Waals surface area contributed by atoms with Crippen LogP contribution in [0.2, 0.25) is 0 Å². The van der Waals surface area contributed by atoms with Gasteiger partial charge in [0.05, 0.1) is 11.5 Å². The molecule has 1 rings (SSSR count). The topological polar surface area (TPSA) is 96.6 Å². The Labute approximate surface area is 111 Å². The first-order valence-electron chi connectivity index (χ1n) is 4.66. The van der Waals surface area contributed by atoms with E-state index in [-0.39, 0.29) is 18.1 Å². The van der Waals surface area contributed by atoms with Gasteiger partial charge in [0, 0.05) is 16.7 Å². The van der Waals surface area contributed by atoms with Crippen LogP contribution in [-0.4, -0.2) is 34.1 Å². The molecule has 0 unspecified atom stereocenters. The fourth-order valence-corrected chi connectivity index (χ4v) is 1.60. The highest BCUT2D eigenvalue weighted by Gasteiger charge is 2.22. The number of rotatable bonds is 5. The summed E-state index contributed by atoms with van der Waals surface area (Å²) in [4.78, 5) is 25.9. The molecule has 1 aromatic heterocycles. The summed E-state index contributed by atoms with van der Waals surface area (Å²) in [6.45, 7) is -0.540. The van der Waals surface area contributed by atoms with E-state index >= 15 is 0 Å². The van der Waals surface area contributed by atoms with E-state index in [9.17, 15) is 14.9 Å². The molecular weight excluding hydrogens is 306 g/mol. The molecule has 1 heterocycles. The molecule has 0 fully saturated rings. The highest BCUT2D eigenvalue weighted by atomic mass is 79.9. The molecule has 0 aliphatic carbocycles. The quantitative estimate of drug-likeness (QED) is 0.499. The molecule has 8 heteroatoms. The van der Waals surface area contributed by atoms with Gasteiger partial charge in [-0.15, -0.1) is 6.42 Å². The van der Waals surface area contributed by atoms with Gasteiger partial charge in [-0.25, -0.2) is 4.98 Å². The molecule has 0 bridgehead atoms. The van der Waals surface area contributed by atoms with Gasteiger partial charge in [0.15, 0.2) is 0 Å². The summed E-state index contributed by atoms with van der Waals surface area (Å²) in [7, 11) is 0. The Hall–Kier alpha value is -2.14. The molecule has 0 saturated carbocycles. The van der Waals surface area contributed by atoms with E-state index in [1.54, 1.807) is 0 Å². The van der Waals surface area contributed by atoms with E-state index < -0.39 is 17.4 Å².